The van der Waals surface area contributed by atoms with Gasteiger partial charge in [0.1, 0.15) is 40.2 Å². The number of ketones is 1. The lowest BCUT2D eigenvalue weighted by atomic mass is 9.76. The van der Waals surface area contributed by atoms with Gasteiger partial charge in [0.25, 0.3) is 0 Å². The van der Waals surface area contributed by atoms with Crippen LogP contribution in [0.5, 0.6) is 11.5 Å². The highest BCUT2D eigenvalue weighted by atomic mass is 35.5. The maximum absolute atomic E-state index is 17.0. The number of aromatic nitrogens is 3. The molecule has 3 atom stereocenters. The summed E-state index contributed by atoms with van der Waals surface area (Å²) in [4.78, 5) is 75.1. The second-order valence-corrected chi connectivity index (χ2v) is 23.5. The molecule has 0 unspecified atom stereocenters. The molecule has 10 rings (SSSR count). The van der Waals surface area contributed by atoms with Crippen LogP contribution < -0.4 is 20.3 Å². The summed E-state index contributed by atoms with van der Waals surface area (Å²) < 4.78 is 35.0. The molecule has 4 heterocycles. The molecule has 3 aliphatic rings. The minimum absolute atomic E-state index is 0.0238. The number of likely N-dealkylation sites (N-methyl/N-ethyl adjacent to an activating group) is 2. The topological polar surface area (TPSA) is 192 Å². The highest BCUT2D eigenvalue weighted by molar-refractivity contribution is 7.10. The van der Waals surface area contributed by atoms with Crippen molar-refractivity contribution >= 4 is 90.7 Å². The fourth-order valence-electron chi connectivity index (χ4n) is 12.0. The Morgan fingerprint density at radius 1 is 0.821 bits per heavy atom. The Morgan fingerprint density at radius 3 is 2.31 bits per heavy atom. The van der Waals surface area contributed by atoms with Crippen LogP contribution in [0.2, 0.25) is 5.02 Å². The average molecular weight is 1180 g/mol. The number of rotatable bonds is 24. The van der Waals surface area contributed by atoms with Crippen LogP contribution in [0.15, 0.2) is 84.2 Å². The fourth-order valence-corrected chi connectivity index (χ4v) is 13.3. The largest absolute Gasteiger partial charge is 0.508 e. The number of hydrogen-bond acceptors (Lipinski definition) is 15. The van der Waals surface area contributed by atoms with Gasteiger partial charge >= 0.3 is 0 Å². The number of fused-ring (bicyclic) bond motifs is 3. The number of Topliss-reactive ketones (excluding diaryl/α,β-unsaturated/α-hetero) is 1. The number of nitrogens with zero attached hydrogens (tertiary/aromatic N) is 7. The van der Waals surface area contributed by atoms with Gasteiger partial charge in [-0.3, -0.25) is 19.2 Å². The first-order chi connectivity index (χ1) is 40.8. The van der Waals surface area contributed by atoms with Gasteiger partial charge in [-0.1, -0.05) is 79.4 Å². The zero-order valence-electron chi connectivity index (χ0n) is 48.3. The summed E-state index contributed by atoms with van der Waals surface area (Å²) in [7, 11) is 3.50. The monoisotopic (exact) mass is 1180 g/mol. The Hall–Kier alpha value is -7.03. The summed E-state index contributed by atoms with van der Waals surface area (Å²) >= 11 is 8.49. The number of benzene rings is 5. The Morgan fingerprint density at radius 2 is 1.55 bits per heavy atom. The van der Waals surface area contributed by atoms with Gasteiger partial charge in [0, 0.05) is 106 Å². The van der Waals surface area contributed by atoms with Crippen molar-refractivity contribution in [2.24, 2.45) is 11.8 Å². The number of amides is 3. The van der Waals surface area contributed by atoms with E-state index in [9.17, 15) is 24.3 Å². The summed E-state index contributed by atoms with van der Waals surface area (Å²) in [5, 5.41) is 23.8. The predicted octanol–water partition coefficient (Wildman–Crippen LogP) is 10.7. The van der Waals surface area contributed by atoms with E-state index in [2.05, 4.69) is 27.1 Å². The predicted molar refractivity (Wildman–Crippen MR) is 328 cm³/mol. The number of likely N-dealkylation sites (tertiary alicyclic amines) is 1. The maximum Gasteiger partial charge on any atom is 0.227 e. The number of phenols is 1. The molecule has 2 aliphatic heterocycles. The Labute approximate surface area is 498 Å². The molecule has 17 nitrogen and oxygen atoms in total. The van der Waals surface area contributed by atoms with Crippen LogP contribution in [-0.2, 0) is 28.7 Å². The molecule has 84 heavy (non-hydrogen) atoms. The first-order valence-electron chi connectivity index (χ1n) is 29.4. The molecule has 2 saturated heterocycles. The Balaban J connectivity index is 0.687. The van der Waals surface area contributed by atoms with Gasteiger partial charge in [0.05, 0.1) is 49.2 Å². The van der Waals surface area contributed by atoms with Crippen LogP contribution in [0.3, 0.4) is 0 Å². The number of piperazine rings is 1. The van der Waals surface area contributed by atoms with Crippen molar-refractivity contribution < 1.29 is 42.9 Å². The van der Waals surface area contributed by atoms with Gasteiger partial charge in [-0.15, -0.1) is 11.3 Å². The van der Waals surface area contributed by atoms with Crippen molar-refractivity contribution in [3.63, 3.8) is 0 Å². The fraction of sp³-hybridized carbons (Fsp3) is 0.453. The molecule has 0 spiro atoms. The molecule has 444 valence electrons. The van der Waals surface area contributed by atoms with Gasteiger partial charge in [0.2, 0.25) is 23.7 Å². The number of anilines is 2. The molecule has 3 fully saturated rings. The van der Waals surface area contributed by atoms with Crippen LogP contribution in [0.25, 0.3) is 54.8 Å². The van der Waals surface area contributed by atoms with Crippen molar-refractivity contribution in [3.05, 3.63) is 100 Å². The Bertz CT molecular complexity index is 3500. The van der Waals surface area contributed by atoms with Gasteiger partial charge < -0.3 is 49.6 Å². The van der Waals surface area contributed by atoms with E-state index in [1.165, 1.54) is 19.4 Å². The average Bonchev–Trinajstić information content (AvgIpc) is 2.78. The minimum Gasteiger partial charge on any atom is -0.508 e. The van der Waals surface area contributed by atoms with E-state index < -0.39 is 5.82 Å². The molecule has 20 heteroatoms. The van der Waals surface area contributed by atoms with Gasteiger partial charge in [0.15, 0.2) is 5.82 Å². The highest BCUT2D eigenvalue weighted by Crippen LogP contribution is 2.44. The van der Waals surface area contributed by atoms with E-state index in [1.54, 1.807) is 47.4 Å². The summed E-state index contributed by atoms with van der Waals surface area (Å²) in [6.07, 6.45) is 7.53. The van der Waals surface area contributed by atoms with E-state index in [4.69, 9.17) is 35.8 Å². The van der Waals surface area contributed by atoms with E-state index >= 15 is 4.39 Å². The summed E-state index contributed by atoms with van der Waals surface area (Å²) in [6.45, 7) is 8.10. The smallest absolute Gasteiger partial charge is 0.227 e. The third-order valence-electron chi connectivity index (χ3n) is 16.9. The van der Waals surface area contributed by atoms with E-state index in [0.717, 1.165) is 76.7 Å². The number of halogens is 2. The van der Waals surface area contributed by atoms with Crippen LogP contribution in [0.4, 0.5) is 16.2 Å². The number of ether oxygens (including phenoxy) is 3. The standard InChI is InChI=1S/C64H75ClFN9O8S/c1-40(67-3)55(78)38-49(42-13-6-5-7-14-42)63(80)75-24-12-19-54(75)62-69-53(39-84-62)47-20-21-56(48-18-11-10-17-46(47)48)83-34-33-82-32-31-81-30-29-72(4)57(79)22-23-68-64-70-60-51(61(71-64)74-27-25-73(26-28-74)41(2)76)37-52(65)58(59(60)66)50-36-44(77)35-43-15-8-9-16-45(43)50/h8-11,15-18,20-21,35-37,39-40,42,49,54,67,77H,5-7,12-14,19,22-34,38H2,1-4H3,(H,68,70,71)/t40-,49-,54-/m0/s1. The third kappa shape index (κ3) is 13.7. The summed E-state index contributed by atoms with van der Waals surface area (Å²) in [5.74, 6) is 0.574. The molecular weight excluding hydrogens is 1110 g/mol. The zero-order chi connectivity index (χ0) is 58.9. The van der Waals surface area contributed by atoms with E-state index in [-0.39, 0.29) is 94.6 Å². The van der Waals surface area contributed by atoms with Crippen molar-refractivity contribution in [3.8, 4) is 33.9 Å². The quantitative estimate of drug-likeness (QED) is 0.0484. The maximum atomic E-state index is 17.0. The van der Waals surface area contributed by atoms with Crippen LogP contribution >= 0.6 is 22.9 Å². The lowest BCUT2D eigenvalue weighted by molar-refractivity contribution is -0.141. The second kappa shape index (κ2) is 27.8. The molecule has 3 amide bonds. The van der Waals surface area contributed by atoms with Crippen molar-refractivity contribution in [2.75, 3.05) is 103 Å². The number of carbonyl (C=O) groups is 4. The van der Waals surface area contributed by atoms with Crippen molar-refractivity contribution in [2.45, 2.75) is 83.7 Å². The van der Waals surface area contributed by atoms with Gasteiger partial charge in [-0.2, -0.15) is 4.98 Å². The van der Waals surface area contributed by atoms with Gasteiger partial charge in [-0.05, 0) is 97.6 Å². The van der Waals surface area contributed by atoms with Crippen LogP contribution in [0.1, 0.15) is 82.7 Å². The highest BCUT2D eigenvalue weighted by Gasteiger charge is 2.40. The molecule has 3 N–H and O–H groups in total. The van der Waals surface area contributed by atoms with Crippen LogP contribution in [0, 0.1) is 17.7 Å². The number of nitrogens with one attached hydrogen (secondary N) is 2. The Kier molecular flexibility index (Phi) is 19.9. The lowest BCUT2D eigenvalue weighted by Crippen LogP contribution is -2.48. The van der Waals surface area contributed by atoms with E-state index in [1.807, 2.05) is 71.3 Å². The van der Waals surface area contributed by atoms with Crippen LogP contribution in [-0.4, -0.2) is 157 Å². The molecule has 0 bridgehead atoms. The molecule has 5 aromatic carbocycles. The molecule has 1 aliphatic carbocycles. The molecule has 0 radical (unpaired) electrons. The van der Waals surface area contributed by atoms with Crippen molar-refractivity contribution in [1.82, 2.24) is 35.0 Å². The normalized spacial score (nSPS) is 16.6. The number of carbonyl (C=O) groups excluding carboxylic acids is 4. The molecule has 1 saturated carbocycles. The number of hydrogen-bond donors (Lipinski definition) is 3. The summed E-state index contributed by atoms with van der Waals surface area (Å²) in [5.41, 5.74) is 2.38. The number of phenolic OH excluding ortho intramolecular Hbond substituents is 1. The van der Waals surface area contributed by atoms with Crippen molar-refractivity contribution in [1.29, 1.82) is 0 Å². The number of thiazole rings is 1. The molecule has 7 aromatic rings. The second-order valence-electron chi connectivity index (χ2n) is 22.2. The first kappa shape index (κ1) is 60.1. The number of aromatic hydroxyl groups is 1. The lowest BCUT2D eigenvalue weighted by Gasteiger charge is -2.35. The third-order valence-corrected chi connectivity index (χ3v) is 18.1. The van der Waals surface area contributed by atoms with E-state index in [0.29, 0.717) is 94.5 Å². The zero-order valence-corrected chi connectivity index (χ0v) is 49.9. The summed E-state index contributed by atoms with van der Waals surface area (Å²) in [6, 6.07) is 23.8. The SMILES string of the molecule is CN[C@@H](C)C(=O)C[C@H](C(=O)N1CCC[C@H]1c1nc(-c2ccc(OCCOCCOCCN(C)C(=O)CCNc3nc(N4CCN(C(C)=O)CC4)c4cc(Cl)c(-c5cc(O)cc6ccccc56)c(F)c4n3)c3ccccc23)cs1)C1CCCCC1. The molecular formula is C64H75ClFN9O8S. The minimum atomic E-state index is -0.677. The van der Waals surface area contributed by atoms with Gasteiger partial charge in [-0.25, -0.2) is 14.4 Å². The first-order valence-corrected chi connectivity index (χ1v) is 30.7. The molecule has 2 aromatic heterocycles.